The van der Waals surface area contributed by atoms with Gasteiger partial charge in [0, 0.05) is 43.4 Å². The number of phosphoric ester groups is 1. The molecule has 2 aromatic carbocycles. The van der Waals surface area contributed by atoms with Crippen molar-refractivity contribution in [2.24, 2.45) is 5.92 Å². The zero-order valence-electron chi connectivity index (χ0n) is 51.8. The Hall–Kier alpha value is -5.29. The van der Waals surface area contributed by atoms with Gasteiger partial charge in [-0.2, -0.15) is 0 Å². The number of amides is 4. The highest BCUT2D eigenvalue weighted by molar-refractivity contribution is 7.47. The Morgan fingerprint density at radius 2 is 1.18 bits per heavy atom. The first kappa shape index (κ1) is 73.0. The number of phosphoric acid groups is 1. The third-order valence-electron chi connectivity index (χ3n) is 15.1. The van der Waals surface area contributed by atoms with Crippen LogP contribution in [0.15, 0.2) is 54.7 Å². The molecule has 5 unspecified atom stereocenters. The van der Waals surface area contributed by atoms with Crippen molar-refractivity contribution in [1.29, 1.82) is 0 Å². The van der Waals surface area contributed by atoms with E-state index < -0.39 is 68.9 Å². The van der Waals surface area contributed by atoms with Crippen LogP contribution in [0.4, 0.5) is 0 Å². The molecule has 19 heteroatoms. The maximum absolute atomic E-state index is 13.5. The normalized spacial score (nSPS) is 13.5. The molecule has 3 aromatic rings. The van der Waals surface area contributed by atoms with E-state index in [9.17, 15) is 38.2 Å². The van der Waals surface area contributed by atoms with Gasteiger partial charge >= 0.3 is 19.8 Å². The van der Waals surface area contributed by atoms with Crippen LogP contribution in [0, 0.1) is 5.92 Å². The van der Waals surface area contributed by atoms with Gasteiger partial charge in [0.1, 0.15) is 31.0 Å². The molecular weight excluding hydrogens is 1090 g/mol. The lowest BCUT2D eigenvalue weighted by atomic mass is 9.98. The van der Waals surface area contributed by atoms with Crippen molar-refractivity contribution >= 4 is 54.3 Å². The Morgan fingerprint density at radius 3 is 1.73 bits per heavy atom. The van der Waals surface area contributed by atoms with E-state index >= 15 is 0 Å². The number of fused-ring (bicyclic) bond motifs is 1. The number of ether oxygens (including phenoxy) is 3. The number of rotatable bonds is 51. The van der Waals surface area contributed by atoms with Crippen molar-refractivity contribution in [3.8, 4) is 5.75 Å². The second kappa shape index (κ2) is 45.1. The fourth-order valence-electron chi connectivity index (χ4n) is 9.86. The largest absolute Gasteiger partial charge is 0.489 e. The topological polar surface area (TPSA) is 250 Å². The third kappa shape index (κ3) is 34.0. The van der Waals surface area contributed by atoms with Gasteiger partial charge in [0.2, 0.25) is 23.6 Å². The first-order valence-corrected chi connectivity index (χ1v) is 33.5. The van der Waals surface area contributed by atoms with Gasteiger partial charge in [-0.1, -0.05) is 219 Å². The summed E-state index contributed by atoms with van der Waals surface area (Å²) in [5.41, 5.74) is 2.56. The highest BCUT2D eigenvalue weighted by Crippen LogP contribution is 2.43. The van der Waals surface area contributed by atoms with Crippen molar-refractivity contribution in [1.82, 2.24) is 26.3 Å². The van der Waals surface area contributed by atoms with E-state index in [4.69, 9.17) is 23.3 Å². The molecule has 0 saturated heterocycles. The molecule has 84 heavy (non-hydrogen) atoms. The molecule has 0 saturated carbocycles. The Morgan fingerprint density at radius 1 is 0.631 bits per heavy atom. The third-order valence-corrected chi connectivity index (χ3v) is 16.1. The van der Waals surface area contributed by atoms with Crippen LogP contribution in [-0.2, 0) is 64.9 Å². The minimum atomic E-state index is -4.86. The molecule has 1 aromatic heterocycles. The lowest BCUT2D eigenvalue weighted by Gasteiger charge is -2.24. The molecule has 5 atom stereocenters. The fraction of sp³-hybridized carbons (Fsp3) is 0.692. The van der Waals surface area contributed by atoms with Crippen LogP contribution in [-0.4, -0.2) is 96.5 Å². The zero-order chi connectivity index (χ0) is 61.1. The number of esters is 2. The van der Waals surface area contributed by atoms with E-state index in [1.807, 2.05) is 62.4 Å². The minimum Gasteiger partial charge on any atom is -0.489 e. The summed E-state index contributed by atoms with van der Waals surface area (Å²) < 4.78 is 40.6. The molecule has 0 fully saturated rings. The van der Waals surface area contributed by atoms with Gasteiger partial charge in [0.25, 0.3) is 0 Å². The lowest BCUT2D eigenvalue weighted by molar-refractivity contribution is -0.159. The van der Waals surface area contributed by atoms with Gasteiger partial charge < -0.3 is 45.4 Å². The van der Waals surface area contributed by atoms with Crippen molar-refractivity contribution in [3.63, 3.8) is 0 Å². The number of aromatic amines is 1. The molecule has 4 amide bonds. The van der Waals surface area contributed by atoms with Gasteiger partial charge in [-0.15, -0.1) is 0 Å². The van der Waals surface area contributed by atoms with Gasteiger partial charge in [-0.25, -0.2) is 4.57 Å². The molecule has 3 rings (SSSR count). The molecule has 0 spiro atoms. The summed E-state index contributed by atoms with van der Waals surface area (Å²) in [5.74, 6) is -2.94. The van der Waals surface area contributed by atoms with E-state index in [0.29, 0.717) is 31.6 Å². The van der Waals surface area contributed by atoms with Crippen molar-refractivity contribution in [2.75, 3.05) is 32.9 Å². The minimum absolute atomic E-state index is 0.0173. The Bertz CT molecular complexity index is 2350. The monoisotopic (exact) mass is 1200 g/mol. The smallest absolute Gasteiger partial charge is 0.472 e. The van der Waals surface area contributed by atoms with Gasteiger partial charge in [0.05, 0.1) is 26.2 Å². The maximum atomic E-state index is 13.5. The van der Waals surface area contributed by atoms with Crippen LogP contribution >= 0.6 is 7.82 Å². The fourth-order valence-corrected chi connectivity index (χ4v) is 10.6. The molecule has 6 N–H and O–H groups in total. The average Bonchev–Trinajstić information content (AvgIpc) is 3.59. The van der Waals surface area contributed by atoms with E-state index in [2.05, 4.69) is 40.1 Å². The first-order valence-electron chi connectivity index (χ1n) is 32.0. The van der Waals surface area contributed by atoms with Crippen LogP contribution in [0.3, 0.4) is 0 Å². The summed E-state index contributed by atoms with van der Waals surface area (Å²) in [4.78, 5) is 92.3. The highest BCUT2D eigenvalue weighted by atomic mass is 31.2. The number of carbonyl (C=O) groups is 6. The number of carbonyl (C=O) groups excluding carboxylic acids is 6. The molecule has 0 bridgehead atoms. The van der Waals surface area contributed by atoms with Gasteiger partial charge in [0.15, 0.2) is 6.10 Å². The Balaban J connectivity index is 1.47. The summed E-state index contributed by atoms with van der Waals surface area (Å²) in [7, 11) is -4.86. The Kier molecular flexibility index (Phi) is 39.2. The summed E-state index contributed by atoms with van der Waals surface area (Å²) in [6.07, 6.45) is 32.0. The lowest BCUT2D eigenvalue weighted by Crippen LogP contribution is -2.51. The van der Waals surface area contributed by atoms with Gasteiger partial charge in [-0.05, 0) is 48.1 Å². The van der Waals surface area contributed by atoms with Crippen molar-refractivity contribution in [2.45, 2.75) is 252 Å². The number of nitrogens with one attached hydrogen (secondary N) is 5. The zero-order valence-corrected chi connectivity index (χ0v) is 52.6. The van der Waals surface area contributed by atoms with E-state index in [0.717, 1.165) is 67.5 Å². The predicted octanol–water partition coefficient (Wildman–Crippen LogP) is 13.1. The number of hydrogen-bond donors (Lipinski definition) is 6. The maximum Gasteiger partial charge on any atom is 0.472 e. The highest BCUT2D eigenvalue weighted by Gasteiger charge is 2.30. The second-order valence-electron chi connectivity index (χ2n) is 22.6. The summed E-state index contributed by atoms with van der Waals surface area (Å²) in [5, 5.41) is 11.3. The number of unbranched alkanes of at least 4 members (excludes halogenated alkanes) is 24. The van der Waals surface area contributed by atoms with Crippen molar-refractivity contribution in [3.05, 3.63) is 65.9 Å². The number of benzene rings is 2. The molecule has 0 aliphatic heterocycles. The molecular formula is C65H106N5O13P. The van der Waals surface area contributed by atoms with Crippen LogP contribution < -0.4 is 26.0 Å². The molecule has 0 aliphatic carbocycles. The molecule has 474 valence electrons. The van der Waals surface area contributed by atoms with E-state index in [-0.39, 0.29) is 50.8 Å². The van der Waals surface area contributed by atoms with E-state index in [1.54, 1.807) is 6.20 Å². The average molecular weight is 1200 g/mol. The van der Waals surface area contributed by atoms with Crippen LogP contribution in [0.25, 0.3) is 10.9 Å². The van der Waals surface area contributed by atoms with Crippen LogP contribution in [0.1, 0.15) is 232 Å². The summed E-state index contributed by atoms with van der Waals surface area (Å²) in [6.45, 7) is 7.63. The molecule has 18 nitrogen and oxygen atoms in total. The number of H-pyrrole nitrogens is 1. The molecule has 0 aliphatic rings. The predicted molar refractivity (Wildman–Crippen MR) is 331 cm³/mol. The van der Waals surface area contributed by atoms with Crippen molar-refractivity contribution < 1.29 is 61.5 Å². The quantitative estimate of drug-likeness (QED) is 0.0175. The van der Waals surface area contributed by atoms with Crippen LogP contribution in [0.2, 0.25) is 0 Å². The van der Waals surface area contributed by atoms with Crippen LogP contribution in [0.5, 0.6) is 5.75 Å². The summed E-state index contributed by atoms with van der Waals surface area (Å²) in [6, 6.07) is 13.0. The number of aromatic nitrogens is 1. The standard InChI is InChI=1S/C65H106N5O13P/c1-6-9-11-13-15-17-19-21-23-25-27-29-34-38-61(73)80-49-56(83-62(74)39-35-30-28-26-24-22-20-18-16-14-12-10-7-2)47-68-64(75)59(69-52(5)71)50-82-84(77,78)81-43-42-66-65(76)63(51(4)8-3)70-60(72)44-54-46-67-58-41-40-55(45-57(54)58)79-48-53-36-32-31-33-37-53/h31-33,36-37,40-41,45-46,51,56,59,63,67H,6-30,34-35,38-39,42-44,47-50H2,1-5H3,(H,66,76)(H,68,75)(H,69,71)(H,70,72)(H,77,78). The molecule has 1 heterocycles. The SMILES string of the molecule is CCCCCCCCCCCCCCCC(=O)OCC(CNC(=O)C(COP(=O)(O)OCCNC(=O)C(NC(=O)Cc1c[nH]c2ccc(OCc3ccccc3)cc12)C(C)CC)NC(C)=O)OC(=O)CCCCCCCCCCCCCCC. The second-order valence-corrected chi connectivity index (χ2v) is 24.0. The molecule has 0 radical (unpaired) electrons. The first-order chi connectivity index (χ1) is 40.6. The number of hydrogen-bond acceptors (Lipinski definition) is 12. The summed E-state index contributed by atoms with van der Waals surface area (Å²) >= 11 is 0. The Labute approximate surface area is 502 Å². The van der Waals surface area contributed by atoms with Gasteiger partial charge in [-0.3, -0.25) is 37.8 Å². The van der Waals surface area contributed by atoms with E-state index in [1.165, 1.54) is 116 Å².